The Balaban J connectivity index is 2.41. The summed E-state index contributed by atoms with van der Waals surface area (Å²) in [4.78, 5) is 0. The van der Waals surface area contributed by atoms with Gasteiger partial charge in [-0.15, -0.1) is 0 Å². The van der Waals surface area contributed by atoms with Crippen molar-refractivity contribution in [3.8, 4) is 0 Å². The third-order valence-corrected chi connectivity index (χ3v) is 2.52. The monoisotopic (exact) mass is 255 g/mol. The van der Waals surface area contributed by atoms with Crippen molar-refractivity contribution in [2.75, 3.05) is 25.1 Å². The number of rotatable bonds is 8. The lowest BCUT2D eigenvalue weighted by atomic mass is 10.2. The molecule has 0 unspecified atom stereocenters. The molecule has 0 aliphatic rings. The van der Waals surface area contributed by atoms with Crippen LogP contribution in [0.2, 0.25) is 0 Å². The van der Waals surface area contributed by atoms with Gasteiger partial charge in [-0.25, -0.2) is 4.39 Å². The van der Waals surface area contributed by atoms with Crippen LogP contribution in [-0.4, -0.2) is 26.0 Å². The van der Waals surface area contributed by atoms with E-state index in [1.54, 1.807) is 12.1 Å². The van der Waals surface area contributed by atoms with E-state index in [2.05, 4.69) is 5.32 Å². The SMILES string of the molecule is CCOC(CCNc1cc(C)ccc1F)OCC. The zero-order valence-electron chi connectivity index (χ0n) is 11.3. The Morgan fingerprint density at radius 2 is 1.89 bits per heavy atom. The molecular formula is C14H22FNO2. The summed E-state index contributed by atoms with van der Waals surface area (Å²) in [6.45, 7) is 7.64. The Hall–Kier alpha value is -1.13. The van der Waals surface area contributed by atoms with Crippen molar-refractivity contribution < 1.29 is 13.9 Å². The van der Waals surface area contributed by atoms with Crippen LogP contribution in [0.1, 0.15) is 25.8 Å². The summed E-state index contributed by atoms with van der Waals surface area (Å²) in [6, 6.07) is 5.02. The lowest BCUT2D eigenvalue weighted by Crippen LogP contribution is -2.21. The lowest BCUT2D eigenvalue weighted by molar-refractivity contribution is -0.137. The third kappa shape index (κ3) is 5.02. The van der Waals surface area contributed by atoms with Crippen LogP contribution in [0.5, 0.6) is 0 Å². The first-order valence-corrected chi connectivity index (χ1v) is 6.40. The number of ether oxygens (including phenoxy) is 2. The van der Waals surface area contributed by atoms with Gasteiger partial charge in [-0.2, -0.15) is 0 Å². The lowest BCUT2D eigenvalue weighted by Gasteiger charge is -2.17. The minimum atomic E-state index is -0.232. The maximum Gasteiger partial charge on any atom is 0.159 e. The predicted octanol–water partition coefficient (Wildman–Crippen LogP) is 3.34. The normalized spacial score (nSPS) is 10.9. The first-order chi connectivity index (χ1) is 8.67. The quantitative estimate of drug-likeness (QED) is 0.723. The Labute approximate surface area is 108 Å². The summed E-state index contributed by atoms with van der Waals surface area (Å²) in [7, 11) is 0. The minimum Gasteiger partial charge on any atom is -0.382 e. The fraction of sp³-hybridized carbons (Fsp3) is 0.571. The van der Waals surface area contributed by atoms with Gasteiger partial charge >= 0.3 is 0 Å². The van der Waals surface area contributed by atoms with Gasteiger partial charge in [0, 0.05) is 26.2 Å². The summed E-state index contributed by atoms with van der Waals surface area (Å²) in [5, 5.41) is 3.07. The van der Waals surface area contributed by atoms with E-state index in [4.69, 9.17) is 9.47 Å². The molecule has 4 heteroatoms. The molecule has 1 rings (SSSR count). The van der Waals surface area contributed by atoms with E-state index >= 15 is 0 Å². The van der Waals surface area contributed by atoms with Crippen molar-refractivity contribution >= 4 is 5.69 Å². The third-order valence-electron chi connectivity index (χ3n) is 2.52. The molecule has 0 heterocycles. The highest BCUT2D eigenvalue weighted by Crippen LogP contribution is 2.15. The number of benzene rings is 1. The molecule has 0 amide bonds. The van der Waals surface area contributed by atoms with Gasteiger partial charge in [-0.05, 0) is 38.5 Å². The van der Waals surface area contributed by atoms with Gasteiger partial charge in [0.2, 0.25) is 0 Å². The van der Waals surface area contributed by atoms with Gasteiger partial charge in [-0.3, -0.25) is 0 Å². The van der Waals surface area contributed by atoms with Gasteiger partial charge < -0.3 is 14.8 Å². The molecule has 102 valence electrons. The second-order valence-corrected chi connectivity index (χ2v) is 4.04. The molecule has 0 radical (unpaired) electrons. The van der Waals surface area contributed by atoms with Crippen LogP contribution in [0.25, 0.3) is 0 Å². The number of hydrogen-bond acceptors (Lipinski definition) is 3. The minimum absolute atomic E-state index is 0.222. The second-order valence-electron chi connectivity index (χ2n) is 4.04. The van der Waals surface area contributed by atoms with Crippen molar-refractivity contribution in [3.05, 3.63) is 29.6 Å². The summed E-state index contributed by atoms with van der Waals surface area (Å²) < 4.78 is 24.3. The fourth-order valence-corrected chi connectivity index (χ4v) is 1.69. The average molecular weight is 255 g/mol. The van der Waals surface area contributed by atoms with E-state index in [1.165, 1.54) is 6.07 Å². The summed E-state index contributed by atoms with van der Waals surface area (Å²) in [6.07, 6.45) is 0.468. The molecule has 18 heavy (non-hydrogen) atoms. The molecule has 1 aromatic carbocycles. The Morgan fingerprint density at radius 1 is 1.22 bits per heavy atom. The van der Waals surface area contributed by atoms with E-state index in [1.807, 2.05) is 20.8 Å². The predicted molar refractivity (Wildman–Crippen MR) is 71.3 cm³/mol. The van der Waals surface area contributed by atoms with Crippen LogP contribution in [0.4, 0.5) is 10.1 Å². The highest BCUT2D eigenvalue weighted by Gasteiger charge is 2.08. The van der Waals surface area contributed by atoms with Crippen LogP contribution < -0.4 is 5.32 Å². The Kier molecular flexibility index (Phi) is 6.68. The fourth-order valence-electron chi connectivity index (χ4n) is 1.69. The molecule has 3 nitrogen and oxygen atoms in total. The van der Waals surface area contributed by atoms with Gasteiger partial charge in [0.15, 0.2) is 6.29 Å². The number of anilines is 1. The largest absolute Gasteiger partial charge is 0.382 e. The molecule has 0 fully saturated rings. The van der Waals surface area contributed by atoms with Gasteiger partial charge in [0.05, 0.1) is 5.69 Å². The number of halogens is 1. The molecule has 0 saturated carbocycles. The molecule has 0 aromatic heterocycles. The standard InChI is InChI=1S/C14H22FNO2/c1-4-17-14(18-5-2)8-9-16-13-10-11(3)6-7-12(13)15/h6-7,10,14,16H,4-5,8-9H2,1-3H3. The molecule has 0 atom stereocenters. The molecule has 0 spiro atoms. The topological polar surface area (TPSA) is 30.5 Å². The van der Waals surface area contributed by atoms with E-state index in [9.17, 15) is 4.39 Å². The van der Waals surface area contributed by atoms with Gasteiger partial charge in [-0.1, -0.05) is 6.07 Å². The summed E-state index contributed by atoms with van der Waals surface area (Å²) in [5.41, 5.74) is 1.56. The first-order valence-electron chi connectivity index (χ1n) is 6.40. The first kappa shape index (κ1) is 14.9. The van der Waals surface area contributed by atoms with Crippen LogP contribution in [0.15, 0.2) is 18.2 Å². The van der Waals surface area contributed by atoms with Crippen LogP contribution in [0.3, 0.4) is 0 Å². The zero-order chi connectivity index (χ0) is 13.4. The van der Waals surface area contributed by atoms with Crippen LogP contribution in [-0.2, 0) is 9.47 Å². The Morgan fingerprint density at radius 3 is 2.50 bits per heavy atom. The summed E-state index contributed by atoms with van der Waals surface area (Å²) >= 11 is 0. The summed E-state index contributed by atoms with van der Waals surface area (Å²) in [5.74, 6) is -0.232. The molecule has 1 aromatic rings. The van der Waals surface area contributed by atoms with E-state index in [0.29, 0.717) is 31.9 Å². The smallest absolute Gasteiger partial charge is 0.159 e. The highest BCUT2D eigenvalue weighted by molar-refractivity contribution is 5.46. The number of aryl methyl sites for hydroxylation is 1. The number of hydrogen-bond donors (Lipinski definition) is 1. The number of nitrogens with one attached hydrogen (secondary N) is 1. The molecule has 0 aliphatic carbocycles. The highest BCUT2D eigenvalue weighted by atomic mass is 19.1. The van der Waals surface area contributed by atoms with Crippen LogP contribution >= 0.6 is 0 Å². The Bertz CT molecular complexity index is 352. The van der Waals surface area contributed by atoms with E-state index < -0.39 is 0 Å². The maximum atomic E-state index is 13.5. The van der Waals surface area contributed by atoms with Crippen molar-refractivity contribution in [3.63, 3.8) is 0 Å². The van der Waals surface area contributed by atoms with Crippen molar-refractivity contribution in [1.82, 2.24) is 0 Å². The van der Waals surface area contributed by atoms with Crippen LogP contribution in [0, 0.1) is 12.7 Å². The van der Waals surface area contributed by atoms with Crippen molar-refractivity contribution in [2.45, 2.75) is 33.5 Å². The van der Waals surface area contributed by atoms with Crippen molar-refractivity contribution in [2.24, 2.45) is 0 Å². The molecule has 0 bridgehead atoms. The second kappa shape index (κ2) is 8.06. The van der Waals surface area contributed by atoms with Gasteiger partial charge in [0.25, 0.3) is 0 Å². The molecular weight excluding hydrogens is 233 g/mol. The van der Waals surface area contributed by atoms with E-state index in [0.717, 1.165) is 5.56 Å². The molecule has 1 N–H and O–H groups in total. The zero-order valence-corrected chi connectivity index (χ0v) is 11.3. The molecule has 0 saturated heterocycles. The van der Waals surface area contributed by atoms with Gasteiger partial charge in [0.1, 0.15) is 5.82 Å². The maximum absolute atomic E-state index is 13.5. The molecule has 0 aliphatic heterocycles. The van der Waals surface area contributed by atoms with Crippen molar-refractivity contribution in [1.29, 1.82) is 0 Å². The van der Waals surface area contributed by atoms with E-state index in [-0.39, 0.29) is 12.1 Å². The average Bonchev–Trinajstić information content (AvgIpc) is 2.34.